The molecule has 1 aromatic rings. The summed E-state index contributed by atoms with van der Waals surface area (Å²) in [5.41, 5.74) is 6.08. The standard InChI is InChI=1S/C7H9NO/c1-9-7-5-3-2-4-6(7)8/h2-5H,8H2,1H3/i1D. The third-order valence-electron chi connectivity index (χ3n) is 1.07. The van der Waals surface area contributed by atoms with E-state index in [0.29, 0.717) is 11.4 Å². The van der Waals surface area contributed by atoms with Gasteiger partial charge in [0, 0.05) is 0 Å². The van der Waals surface area contributed by atoms with E-state index in [4.69, 9.17) is 11.8 Å². The monoisotopic (exact) mass is 124 g/mol. The van der Waals surface area contributed by atoms with Gasteiger partial charge in [-0.3, -0.25) is 0 Å². The summed E-state index contributed by atoms with van der Waals surface area (Å²) >= 11 is 0. The van der Waals surface area contributed by atoms with E-state index in [1.165, 1.54) is 0 Å². The number of hydrogen-bond acceptors (Lipinski definition) is 2. The molecule has 0 radical (unpaired) electrons. The highest BCUT2D eigenvalue weighted by Crippen LogP contribution is 2.18. The minimum absolute atomic E-state index is 0.0891. The summed E-state index contributed by atoms with van der Waals surface area (Å²) in [6.45, 7) is 0. The zero-order chi connectivity index (χ0) is 7.40. The third kappa shape index (κ3) is 1.13. The van der Waals surface area contributed by atoms with Gasteiger partial charge in [0.2, 0.25) is 0 Å². The Balaban J connectivity index is 2.81. The maximum Gasteiger partial charge on any atom is 0.141 e. The van der Waals surface area contributed by atoms with Crippen molar-refractivity contribution in [3.05, 3.63) is 24.3 Å². The fourth-order valence-electron chi connectivity index (χ4n) is 0.612. The Morgan fingerprint density at radius 2 is 2.33 bits per heavy atom. The summed E-state index contributed by atoms with van der Waals surface area (Å²) in [7, 11) is -0.0891. The van der Waals surface area contributed by atoms with Gasteiger partial charge in [0.05, 0.1) is 14.1 Å². The van der Waals surface area contributed by atoms with E-state index in [1.807, 2.05) is 12.1 Å². The van der Waals surface area contributed by atoms with Gasteiger partial charge in [0.1, 0.15) is 5.75 Å². The Kier molecular flexibility index (Phi) is 1.24. The molecule has 1 rings (SSSR count). The van der Waals surface area contributed by atoms with Crippen LogP contribution in [0.25, 0.3) is 0 Å². The summed E-state index contributed by atoms with van der Waals surface area (Å²) in [6, 6.07) is 7.13. The second-order valence-corrected chi connectivity index (χ2v) is 1.68. The Morgan fingerprint density at radius 1 is 1.56 bits per heavy atom. The van der Waals surface area contributed by atoms with Crippen molar-refractivity contribution in [3.8, 4) is 5.75 Å². The largest absolute Gasteiger partial charge is 0.495 e. The molecule has 0 saturated carbocycles. The fourth-order valence-corrected chi connectivity index (χ4v) is 0.612. The van der Waals surface area contributed by atoms with Crippen LogP contribution in [0.1, 0.15) is 1.37 Å². The van der Waals surface area contributed by atoms with E-state index in [0.717, 1.165) is 0 Å². The highest BCUT2D eigenvalue weighted by Gasteiger charge is 1.91. The van der Waals surface area contributed by atoms with Crippen molar-refractivity contribution >= 4 is 5.69 Å². The number of anilines is 1. The first-order valence-corrected chi connectivity index (χ1v) is 2.61. The zero-order valence-corrected chi connectivity index (χ0v) is 5.00. The molecule has 1 aromatic carbocycles. The first-order valence-electron chi connectivity index (χ1n) is 3.32. The van der Waals surface area contributed by atoms with Gasteiger partial charge in [-0.05, 0) is 12.1 Å². The molecule has 0 unspecified atom stereocenters. The predicted molar refractivity (Wildman–Crippen MR) is 37.4 cm³/mol. The molecule has 0 aliphatic heterocycles. The number of hydrogen-bond donors (Lipinski definition) is 1. The zero-order valence-electron chi connectivity index (χ0n) is 6.00. The number of benzene rings is 1. The maximum absolute atomic E-state index is 6.76. The molecule has 9 heavy (non-hydrogen) atoms. The van der Waals surface area contributed by atoms with Crippen LogP contribution < -0.4 is 10.5 Å². The number of methoxy groups -OCH3 is 1. The molecule has 0 aliphatic carbocycles. The predicted octanol–water partition coefficient (Wildman–Crippen LogP) is 1.28. The van der Waals surface area contributed by atoms with Crippen molar-refractivity contribution in [2.75, 3.05) is 12.8 Å². The van der Waals surface area contributed by atoms with Gasteiger partial charge in [0.25, 0.3) is 0 Å². The lowest BCUT2D eigenvalue weighted by Crippen LogP contribution is -1.89. The van der Waals surface area contributed by atoms with Crippen LogP contribution in [0.4, 0.5) is 5.69 Å². The van der Waals surface area contributed by atoms with Crippen LogP contribution in [0.3, 0.4) is 0 Å². The lowest BCUT2D eigenvalue weighted by atomic mass is 10.3. The van der Waals surface area contributed by atoms with Crippen molar-refractivity contribution in [3.63, 3.8) is 0 Å². The maximum atomic E-state index is 6.76. The van der Waals surface area contributed by atoms with Crippen LogP contribution in [-0.4, -0.2) is 7.09 Å². The normalized spacial score (nSPS) is 10.4. The van der Waals surface area contributed by atoms with E-state index in [2.05, 4.69) is 0 Å². The van der Waals surface area contributed by atoms with Crippen molar-refractivity contribution < 1.29 is 6.11 Å². The quantitative estimate of drug-likeness (QED) is 0.572. The average Bonchev–Trinajstić information content (AvgIpc) is 1.94. The number of rotatable bonds is 1. The van der Waals surface area contributed by atoms with Crippen LogP contribution in [-0.2, 0) is 0 Å². The number of ether oxygens (including phenoxy) is 1. The molecule has 0 aliphatic rings. The van der Waals surface area contributed by atoms with Crippen LogP contribution in [0.5, 0.6) is 5.75 Å². The van der Waals surface area contributed by atoms with Crippen LogP contribution in [0.15, 0.2) is 24.3 Å². The highest BCUT2D eigenvalue weighted by atomic mass is 16.5. The fraction of sp³-hybridized carbons (Fsp3) is 0.143. The van der Waals surface area contributed by atoms with Gasteiger partial charge in [-0.2, -0.15) is 0 Å². The van der Waals surface area contributed by atoms with Crippen molar-refractivity contribution in [2.24, 2.45) is 0 Å². The second-order valence-electron chi connectivity index (χ2n) is 1.68. The van der Waals surface area contributed by atoms with Crippen molar-refractivity contribution in [1.29, 1.82) is 0 Å². The SMILES string of the molecule is [2H]COc1ccccc1N. The molecule has 0 bridgehead atoms. The Labute approximate surface area is 55.7 Å². The minimum atomic E-state index is -0.0891. The smallest absolute Gasteiger partial charge is 0.141 e. The molecular formula is C7H9NO. The van der Waals surface area contributed by atoms with E-state index < -0.39 is 0 Å². The van der Waals surface area contributed by atoms with E-state index in [1.54, 1.807) is 12.1 Å². The lowest BCUT2D eigenvalue weighted by molar-refractivity contribution is 0.417. The van der Waals surface area contributed by atoms with Crippen LogP contribution in [0.2, 0.25) is 0 Å². The Bertz CT molecular complexity index is 215. The summed E-state index contributed by atoms with van der Waals surface area (Å²) in [4.78, 5) is 0. The average molecular weight is 124 g/mol. The van der Waals surface area contributed by atoms with Gasteiger partial charge < -0.3 is 10.5 Å². The van der Waals surface area contributed by atoms with Gasteiger partial charge in [0.15, 0.2) is 0 Å². The van der Waals surface area contributed by atoms with E-state index >= 15 is 0 Å². The molecule has 2 N–H and O–H groups in total. The van der Waals surface area contributed by atoms with Crippen molar-refractivity contribution in [1.82, 2.24) is 0 Å². The number of nitrogen functional groups attached to an aromatic ring is 1. The molecule has 0 heterocycles. The van der Waals surface area contributed by atoms with Gasteiger partial charge in [-0.15, -0.1) is 0 Å². The van der Waals surface area contributed by atoms with E-state index in [-0.39, 0.29) is 7.09 Å². The number of para-hydroxylation sites is 2. The molecule has 0 spiro atoms. The molecule has 0 atom stereocenters. The van der Waals surface area contributed by atoms with Gasteiger partial charge >= 0.3 is 0 Å². The molecule has 0 saturated heterocycles. The van der Waals surface area contributed by atoms with Gasteiger partial charge in [-0.25, -0.2) is 0 Å². The molecular weight excluding hydrogens is 114 g/mol. The lowest BCUT2D eigenvalue weighted by Gasteiger charge is -2.00. The van der Waals surface area contributed by atoms with Gasteiger partial charge in [-0.1, -0.05) is 12.1 Å². The topological polar surface area (TPSA) is 35.2 Å². The number of nitrogens with two attached hydrogens (primary N) is 1. The van der Waals surface area contributed by atoms with Crippen LogP contribution in [0, 0.1) is 0 Å². The minimum Gasteiger partial charge on any atom is -0.495 e. The summed E-state index contributed by atoms with van der Waals surface area (Å²) in [5.74, 6) is 0.581. The highest BCUT2D eigenvalue weighted by molar-refractivity contribution is 5.51. The summed E-state index contributed by atoms with van der Waals surface area (Å²) in [5, 5.41) is 0. The van der Waals surface area contributed by atoms with E-state index in [9.17, 15) is 0 Å². The molecule has 0 fully saturated rings. The Morgan fingerprint density at radius 3 is 3.00 bits per heavy atom. The molecule has 48 valence electrons. The molecule has 0 aromatic heterocycles. The first kappa shape index (κ1) is 4.68. The molecule has 2 nitrogen and oxygen atoms in total. The summed E-state index contributed by atoms with van der Waals surface area (Å²) < 4.78 is 11.6. The molecule has 0 amide bonds. The third-order valence-corrected chi connectivity index (χ3v) is 1.07. The Hall–Kier alpha value is -1.18. The summed E-state index contributed by atoms with van der Waals surface area (Å²) in [6.07, 6.45) is 0. The second kappa shape index (κ2) is 2.40. The molecule has 2 heteroatoms. The van der Waals surface area contributed by atoms with Crippen molar-refractivity contribution in [2.45, 2.75) is 0 Å². The van der Waals surface area contributed by atoms with Crippen LogP contribution >= 0.6 is 0 Å². The first-order chi connectivity index (χ1) is 4.84.